The SMILES string of the molecule is CCC(CC)C(Br)CNC(=O)c1cnn(C)c1C. The Morgan fingerprint density at radius 1 is 1.50 bits per heavy atom. The van der Waals surface area contributed by atoms with E-state index in [4.69, 9.17) is 0 Å². The number of hydrogen-bond acceptors (Lipinski definition) is 2. The molecular formula is C13H22BrN3O. The number of nitrogens with one attached hydrogen (secondary N) is 1. The second-order valence-corrected chi connectivity index (χ2v) is 5.75. The number of carbonyl (C=O) groups is 1. The maximum atomic E-state index is 12.0. The lowest BCUT2D eigenvalue weighted by molar-refractivity contribution is 0.0951. The van der Waals surface area contributed by atoms with Gasteiger partial charge in [0, 0.05) is 24.1 Å². The summed E-state index contributed by atoms with van der Waals surface area (Å²) in [6.45, 7) is 6.90. The second-order valence-electron chi connectivity index (χ2n) is 4.57. The quantitative estimate of drug-likeness (QED) is 0.820. The maximum absolute atomic E-state index is 12.0. The van der Waals surface area contributed by atoms with Crippen LogP contribution in [0.25, 0.3) is 0 Å². The third kappa shape index (κ3) is 3.57. The molecule has 1 aromatic heterocycles. The van der Waals surface area contributed by atoms with Crippen LogP contribution in [0, 0.1) is 12.8 Å². The molecule has 0 bridgehead atoms. The molecule has 0 radical (unpaired) electrons. The number of aromatic nitrogens is 2. The van der Waals surface area contributed by atoms with Crippen LogP contribution in [-0.2, 0) is 7.05 Å². The highest BCUT2D eigenvalue weighted by Crippen LogP contribution is 2.19. The summed E-state index contributed by atoms with van der Waals surface area (Å²) >= 11 is 3.65. The largest absolute Gasteiger partial charge is 0.351 e. The van der Waals surface area contributed by atoms with Crippen LogP contribution in [0.1, 0.15) is 42.7 Å². The summed E-state index contributed by atoms with van der Waals surface area (Å²) < 4.78 is 1.71. The van der Waals surface area contributed by atoms with Gasteiger partial charge in [0.25, 0.3) is 5.91 Å². The molecule has 1 amide bonds. The molecule has 0 fully saturated rings. The van der Waals surface area contributed by atoms with Crippen molar-refractivity contribution >= 4 is 21.8 Å². The van der Waals surface area contributed by atoms with Crippen LogP contribution in [0.15, 0.2) is 6.20 Å². The van der Waals surface area contributed by atoms with Crippen molar-refractivity contribution in [1.82, 2.24) is 15.1 Å². The predicted octanol–water partition coefficient (Wildman–Crippen LogP) is 2.66. The molecule has 0 aromatic carbocycles. The molecule has 18 heavy (non-hydrogen) atoms. The van der Waals surface area contributed by atoms with Crippen LogP contribution in [0.3, 0.4) is 0 Å². The molecule has 0 saturated carbocycles. The van der Waals surface area contributed by atoms with Crippen molar-refractivity contribution < 1.29 is 4.79 Å². The first-order valence-electron chi connectivity index (χ1n) is 6.42. The zero-order valence-electron chi connectivity index (χ0n) is 11.5. The van der Waals surface area contributed by atoms with Crippen molar-refractivity contribution in [3.8, 4) is 0 Å². The Labute approximate surface area is 117 Å². The van der Waals surface area contributed by atoms with Gasteiger partial charge in [0.1, 0.15) is 0 Å². The average Bonchev–Trinajstić information content (AvgIpc) is 2.69. The van der Waals surface area contributed by atoms with Crippen LogP contribution in [-0.4, -0.2) is 27.1 Å². The predicted molar refractivity (Wildman–Crippen MR) is 77.1 cm³/mol. The summed E-state index contributed by atoms with van der Waals surface area (Å²) in [5.41, 5.74) is 1.54. The van der Waals surface area contributed by atoms with E-state index in [1.807, 2.05) is 14.0 Å². The Morgan fingerprint density at radius 2 is 2.11 bits per heavy atom. The Morgan fingerprint density at radius 3 is 2.56 bits per heavy atom. The summed E-state index contributed by atoms with van der Waals surface area (Å²) in [6.07, 6.45) is 3.85. The molecule has 0 aliphatic rings. The van der Waals surface area contributed by atoms with Crippen molar-refractivity contribution in [1.29, 1.82) is 0 Å². The third-order valence-electron chi connectivity index (χ3n) is 3.50. The van der Waals surface area contributed by atoms with Crippen LogP contribution in [0.4, 0.5) is 0 Å². The van der Waals surface area contributed by atoms with Gasteiger partial charge in [0.05, 0.1) is 11.8 Å². The highest BCUT2D eigenvalue weighted by molar-refractivity contribution is 9.09. The van der Waals surface area contributed by atoms with Crippen molar-refractivity contribution in [3.63, 3.8) is 0 Å². The van der Waals surface area contributed by atoms with E-state index in [2.05, 4.69) is 40.2 Å². The number of hydrogen-bond donors (Lipinski definition) is 1. The number of aryl methyl sites for hydroxylation is 1. The highest BCUT2D eigenvalue weighted by Gasteiger charge is 2.18. The smallest absolute Gasteiger partial charge is 0.254 e. The van der Waals surface area contributed by atoms with E-state index < -0.39 is 0 Å². The van der Waals surface area contributed by atoms with Gasteiger partial charge in [-0.3, -0.25) is 9.48 Å². The topological polar surface area (TPSA) is 46.9 Å². The van der Waals surface area contributed by atoms with Crippen LogP contribution >= 0.6 is 15.9 Å². The molecule has 1 unspecified atom stereocenters. The standard InChI is InChI=1S/C13H22BrN3O/c1-5-10(6-2)12(14)8-15-13(18)11-7-16-17(4)9(11)3/h7,10,12H,5-6,8H2,1-4H3,(H,15,18). The Balaban J connectivity index is 2.54. The number of nitrogens with zero attached hydrogens (tertiary/aromatic N) is 2. The normalized spacial score (nSPS) is 12.8. The van der Waals surface area contributed by atoms with Crippen molar-refractivity contribution in [2.24, 2.45) is 13.0 Å². The molecule has 1 atom stereocenters. The summed E-state index contributed by atoms with van der Waals surface area (Å²) in [6, 6.07) is 0. The zero-order valence-corrected chi connectivity index (χ0v) is 13.1. The molecule has 1 aromatic rings. The van der Waals surface area contributed by atoms with E-state index in [9.17, 15) is 4.79 Å². The van der Waals surface area contributed by atoms with Gasteiger partial charge >= 0.3 is 0 Å². The summed E-state index contributed by atoms with van der Waals surface area (Å²) in [4.78, 5) is 12.3. The van der Waals surface area contributed by atoms with Gasteiger partial charge < -0.3 is 5.32 Å². The van der Waals surface area contributed by atoms with Gasteiger partial charge in [-0.2, -0.15) is 5.10 Å². The molecule has 1 N–H and O–H groups in total. The molecule has 0 aliphatic carbocycles. The number of halogens is 1. The van der Waals surface area contributed by atoms with Gasteiger partial charge in [-0.15, -0.1) is 0 Å². The van der Waals surface area contributed by atoms with Crippen molar-refractivity contribution in [2.75, 3.05) is 6.54 Å². The van der Waals surface area contributed by atoms with E-state index >= 15 is 0 Å². The minimum atomic E-state index is -0.0454. The van der Waals surface area contributed by atoms with Crippen LogP contribution in [0.2, 0.25) is 0 Å². The van der Waals surface area contributed by atoms with Gasteiger partial charge in [0.15, 0.2) is 0 Å². The first kappa shape index (κ1) is 15.2. The van der Waals surface area contributed by atoms with E-state index in [1.165, 1.54) is 0 Å². The number of carbonyl (C=O) groups excluding carboxylic acids is 1. The molecule has 0 saturated heterocycles. The fraction of sp³-hybridized carbons (Fsp3) is 0.692. The number of amides is 1. The average molecular weight is 316 g/mol. The second kappa shape index (κ2) is 6.92. The molecule has 1 rings (SSSR count). The highest BCUT2D eigenvalue weighted by atomic mass is 79.9. The molecule has 1 heterocycles. The van der Waals surface area contributed by atoms with E-state index in [1.54, 1.807) is 10.9 Å². The van der Waals surface area contributed by atoms with Gasteiger partial charge in [-0.05, 0) is 12.8 Å². The Bertz CT molecular complexity index is 399. The maximum Gasteiger partial charge on any atom is 0.254 e. The van der Waals surface area contributed by atoms with E-state index in [0.717, 1.165) is 18.5 Å². The number of rotatable bonds is 6. The van der Waals surface area contributed by atoms with Gasteiger partial charge in [0.2, 0.25) is 0 Å². The molecule has 4 nitrogen and oxygen atoms in total. The first-order valence-corrected chi connectivity index (χ1v) is 7.33. The van der Waals surface area contributed by atoms with E-state index in [0.29, 0.717) is 22.9 Å². The van der Waals surface area contributed by atoms with Crippen LogP contribution < -0.4 is 5.32 Å². The third-order valence-corrected chi connectivity index (χ3v) is 4.57. The molecule has 5 heteroatoms. The fourth-order valence-corrected chi connectivity index (χ4v) is 2.88. The van der Waals surface area contributed by atoms with E-state index in [-0.39, 0.29) is 5.91 Å². The Kier molecular flexibility index (Phi) is 5.85. The molecule has 102 valence electrons. The lowest BCUT2D eigenvalue weighted by Crippen LogP contribution is -2.33. The summed E-state index contributed by atoms with van der Waals surface area (Å²) in [5.74, 6) is 0.552. The lowest BCUT2D eigenvalue weighted by Gasteiger charge is -2.19. The monoisotopic (exact) mass is 315 g/mol. The lowest BCUT2D eigenvalue weighted by atomic mass is 9.99. The molecule has 0 aliphatic heterocycles. The molecular weight excluding hydrogens is 294 g/mol. The van der Waals surface area contributed by atoms with Crippen molar-refractivity contribution in [3.05, 3.63) is 17.5 Å². The van der Waals surface area contributed by atoms with Gasteiger partial charge in [-0.25, -0.2) is 0 Å². The first-order chi connectivity index (χ1) is 8.51. The fourth-order valence-electron chi connectivity index (χ4n) is 1.97. The van der Waals surface area contributed by atoms with Crippen LogP contribution in [0.5, 0.6) is 0 Å². The van der Waals surface area contributed by atoms with Crippen molar-refractivity contribution in [2.45, 2.75) is 38.4 Å². The zero-order chi connectivity index (χ0) is 13.7. The summed E-state index contributed by atoms with van der Waals surface area (Å²) in [7, 11) is 1.84. The Hall–Kier alpha value is -0.840. The minimum Gasteiger partial charge on any atom is -0.351 e. The van der Waals surface area contributed by atoms with Gasteiger partial charge in [-0.1, -0.05) is 42.6 Å². The summed E-state index contributed by atoms with van der Waals surface area (Å²) in [5, 5.41) is 7.04. The molecule has 0 spiro atoms. The minimum absolute atomic E-state index is 0.0454. The number of alkyl halides is 1.